The molecule has 7 heteroatoms. The number of halogens is 2. The van der Waals surface area contributed by atoms with E-state index >= 15 is 0 Å². The molecule has 5 nitrogen and oxygen atoms in total. The van der Waals surface area contributed by atoms with Gasteiger partial charge in [0.05, 0.1) is 10.7 Å². The summed E-state index contributed by atoms with van der Waals surface area (Å²) in [6.45, 7) is 6.22. The third-order valence-corrected chi connectivity index (χ3v) is 4.65. The quantitative estimate of drug-likeness (QED) is 0.476. The molecule has 138 valence electrons. The summed E-state index contributed by atoms with van der Waals surface area (Å²) in [6.07, 6.45) is 1.37. The van der Waals surface area contributed by atoms with Crippen LogP contribution in [0.3, 0.4) is 0 Å². The Labute approximate surface area is 169 Å². The molecule has 0 unspecified atom stereocenters. The summed E-state index contributed by atoms with van der Waals surface area (Å²) in [6, 6.07) is 10.7. The third kappa shape index (κ3) is 5.85. The molecule has 0 radical (unpaired) electrons. The van der Waals surface area contributed by atoms with Gasteiger partial charge in [0.25, 0.3) is 5.91 Å². The van der Waals surface area contributed by atoms with Crippen molar-refractivity contribution in [1.82, 2.24) is 5.43 Å². The molecule has 2 rings (SSSR count). The molecule has 0 saturated heterocycles. The second-order valence-corrected chi connectivity index (χ2v) is 8.45. The molecule has 0 aliphatic heterocycles. The maximum absolute atomic E-state index is 11.9. The van der Waals surface area contributed by atoms with Crippen molar-refractivity contribution in [3.05, 3.63) is 56.5 Å². The fourth-order valence-electron chi connectivity index (χ4n) is 2.06. The van der Waals surface area contributed by atoms with Crippen LogP contribution in [0.5, 0.6) is 11.5 Å². The molecular weight excluding hydrogens is 464 g/mol. The van der Waals surface area contributed by atoms with Gasteiger partial charge in [-0.05, 0) is 57.2 Å². The first-order valence-electron chi connectivity index (χ1n) is 7.90. The van der Waals surface area contributed by atoms with Crippen LogP contribution in [0.1, 0.15) is 31.9 Å². The number of phenols is 1. The third-order valence-electron chi connectivity index (χ3n) is 3.54. The Morgan fingerprint density at radius 2 is 1.96 bits per heavy atom. The molecule has 0 aromatic heterocycles. The largest absolute Gasteiger partial charge is 0.507 e. The zero-order valence-corrected chi connectivity index (χ0v) is 17.9. The molecule has 0 aliphatic carbocycles. The second-order valence-electron chi connectivity index (χ2n) is 6.68. The number of hydrogen-bond donors (Lipinski definition) is 2. The number of benzene rings is 2. The van der Waals surface area contributed by atoms with E-state index in [1.165, 1.54) is 17.8 Å². The van der Waals surface area contributed by atoms with Gasteiger partial charge in [0, 0.05) is 10.0 Å². The highest BCUT2D eigenvalue weighted by molar-refractivity contribution is 9.10. The van der Waals surface area contributed by atoms with E-state index in [0.29, 0.717) is 11.3 Å². The van der Waals surface area contributed by atoms with Gasteiger partial charge in [-0.25, -0.2) is 5.43 Å². The molecule has 26 heavy (non-hydrogen) atoms. The van der Waals surface area contributed by atoms with Gasteiger partial charge >= 0.3 is 0 Å². The van der Waals surface area contributed by atoms with Crippen molar-refractivity contribution in [2.45, 2.75) is 26.2 Å². The van der Waals surface area contributed by atoms with Crippen molar-refractivity contribution < 1.29 is 14.6 Å². The molecule has 2 N–H and O–H groups in total. The normalized spacial score (nSPS) is 11.6. The average molecular weight is 484 g/mol. The van der Waals surface area contributed by atoms with E-state index in [4.69, 9.17) is 4.74 Å². The van der Waals surface area contributed by atoms with E-state index in [2.05, 4.69) is 63.2 Å². The molecule has 0 saturated carbocycles. The standard InChI is InChI=1S/C19H20Br2N2O3/c1-19(2,3)13-4-7-17(15(21)9-13)26-11-18(25)23-22-10-12-8-14(20)5-6-16(12)24/h4-10,24H,11H2,1-3H3,(H,23,25). The van der Waals surface area contributed by atoms with Crippen molar-refractivity contribution in [1.29, 1.82) is 0 Å². The zero-order valence-electron chi connectivity index (χ0n) is 14.7. The van der Waals surface area contributed by atoms with Gasteiger partial charge in [-0.1, -0.05) is 42.8 Å². The number of hydrazone groups is 1. The predicted molar refractivity (Wildman–Crippen MR) is 110 cm³/mol. The summed E-state index contributed by atoms with van der Waals surface area (Å²) in [7, 11) is 0. The van der Waals surface area contributed by atoms with Gasteiger partial charge in [0.15, 0.2) is 6.61 Å². The summed E-state index contributed by atoms with van der Waals surface area (Å²) in [5, 5.41) is 13.5. The Morgan fingerprint density at radius 3 is 2.62 bits per heavy atom. The van der Waals surface area contributed by atoms with Crippen LogP contribution in [-0.2, 0) is 10.2 Å². The minimum Gasteiger partial charge on any atom is -0.507 e. The highest BCUT2D eigenvalue weighted by Crippen LogP contribution is 2.31. The first kappa shape index (κ1) is 20.5. The van der Waals surface area contributed by atoms with Crippen LogP contribution in [0.4, 0.5) is 0 Å². The van der Waals surface area contributed by atoms with Crippen molar-refractivity contribution >= 4 is 44.0 Å². The molecule has 2 aromatic rings. The Bertz CT molecular complexity index is 830. The lowest BCUT2D eigenvalue weighted by atomic mass is 9.87. The Balaban J connectivity index is 1.91. The monoisotopic (exact) mass is 482 g/mol. The van der Waals surface area contributed by atoms with Gasteiger partial charge in [-0.2, -0.15) is 5.10 Å². The van der Waals surface area contributed by atoms with Crippen LogP contribution < -0.4 is 10.2 Å². The van der Waals surface area contributed by atoms with Crippen molar-refractivity contribution in [2.24, 2.45) is 5.10 Å². The van der Waals surface area contributed by atoms with Crippen molar-refractivity contribution in [3.63, 3.8) is 0 Å². The number of amides is 1. The zero-order chi connectivity index (χ0) is 19.3. The number of ether oxygens (including phenoxy) is 1. The summed E-state index contributed by atoms with van der Waals surface area (Å²) >= 11 is 6.78. The predicted octanol–water partition coefficient (Wildman–Crippen LogP) is 4.74. The van der Waals surface area contributed by atoms with Crippen LogP contribution in [0.25, 0.3) is 0 Å². The Kier molecular flexibility index (Phi) is 6.83. The van der Waals surface area contributed by atoms with Gasteiger partial charge in [0.1, 0.15) is 11.5 Å². The molecule has 0 spiro atoms. The number of carbonyl (C=O) groups is 1. The summed E-state index contributed by atoms with van der Waals surface area (Å²) in [5.41, 5.74) is 4.05. The lowest BCUT2D eigenvalue weighted by Crippen LogP contribution is -2.24. The maximum atomic E-state index is 11.9. The number of rotatable bonds is 5. The lowest BCUT2D eigenvalue weighted by molar-refractivity contribution is -0.123. The van der Waals surface area contributed by atoms with Gasteiger partial charge in [0.2, 0.25) is 0 Å². The van der Waals surface area contributed by atoms with E-state index in [9.17, 15) is 9.90 Å². The van der Waals surface area contributed by atoms with E-state index in [-0.39, 0.29) is 17.8 Å². The number of nitrogens with one attached hydrogen (secondary N) is 1. The minimum atomic E-state index is -0.400. The average Bonchev–Trinajstić information content (AvgIpc) is 2.56. The fourth-order valence-corrected chi connectivity index (χ4v) is 2.93. The minimum absolute atomic E-state index is 0.0329. The highest BCUT2D eigenvalue weighted by atomic mass is 79.9. The number of hydrogen-bond acceptors (Lipinski definition) is 4. The second kappa shape index (κ2) is 8.68. The lowest BCUT2D eigenvalue weighted by Gasteiger charge is -2.20. The summed E-state index contributed by atoms with van der Waals surface area (Å²) in [5.74, 6) is 0.259. The van der Waals surface area contributed by atoms with E-state index < -0.39 is 5.91 Å². The fraction of sp³-hybridized carbons (Fsp3) is 0.263. The van der Waals surface area contributed by atoms with Crippen LogP contribution in [0.2, 0.25) is 0 Å². The SMILES string of the molecule is CC(C)(C)c1ccc(OCC(=O)NN=Cc2cc(Br)ccc2O)c(Br)c1. The molecule has 0 bridgehead atoms. The number of aromatic hydroxyl groups is 1. The molecule has 0 aliphatic rings. The van der Waals surface area contributed by atoms with Crippen molar-refractivity contribution in [2.75, 3.05) is 6.61 Å². The van der Waals surface area contributed by atoms with E-state index in [1.807, 2.05) is 18.2 Å². The van der Waals surface area contributed by atoms with Crippen LogP contribution in [0.15, 0.2) is 50.4 Å². The molecule has 2 aromatic carbocycles. The first-order valence-corrected chi connectivity index (χ1v) is 9.48. The smallest absolute Gasteiger partial charge is 0.277 e. The summed E-state index contributed by atoms with van der Waals surface area (Å²) in [4.78, 5) is 11.9. The van der Waals surface area contributed by atoms with Gasteiger partial charge < -0.3 is 9.84 Å². The number of phenolic OH excluding ortho intramolecular Hbond substituents is 1. The van der Waals surface area contributed by atoms with Crippen molar-refractivity contribution in [3.8, 4) is 11.5 Å². The van der Waals surface area contributed by atoms with Gasteiger partial charge in [-0.3, -0.25) is 4.79 Å². The molecule has 0 fully saturated rings. The van der Waals surface area contributed by atoms with Crippen LogP contribution in [0, 0.1) is 0 Å². The summed E-state index contributed by atoms with van der Waals surface area (Å²) < 4.78 is 7.11. The molecular formula is C19H20Br2N2O3. The Morgan fingerprint density at radius 1 is 1.23 bits per heavy atom. The number of nitrogens with zero attached hydrogens (tertiary/aromatic N) is 1. The van der Waals surface area contributed by atoms with Gasteiger partial charge in [-0.15, -0.1) is 0 Å². The number of carbonyl (C=O) groups excluding carboxylic acids is 1. The van der Waals surface area contributed by atoms with E-state index in [0.717, 1.165) is 8.95 Å². The molecule has 0 atom stereocenters. The van der Waals surface area contributed by atoms with Crippen LogP contribution in [-0.4, -0.2) is 23.8 Å². The Hall–Kier alpha value is -1.86. The van der Waals surface area contributed by atoms with E-state index in [1.54, 1.807) is 12.1 Å². The maximum Gasteiger partial charge on any atom is 0.277 e. The molecule has 1 amide bonds. The molecule has 0 heterocycles. The highest BCUT2D eigenvalue weighted by Gasteiger charge is 2.15. The van der Waals surface area contributed by atoms with Crippen LogP contribution >= 0.6 is 31.9 Å². The first-order chi connectivity index (χ1) is 12.2. The topological polar surface area (TPSA) is 70.9 Å².